The summed E-state index contributed by atoms with van der Waals surface area (Å²) in [5.74, 6) is 0. The van der Waals surface area contributed by atoms with Gasteiger partial charge in [-0.25, -0.2) is 0 Å². The average Bonchev–Trinajstić information content (AvgIpc) is 2.39. The van der Waals surface area contributed by atoms with Crippen molar-refractivity contribution in [3.05, 3.63) is 58.1 Å². The molecular weight excluding hydrogens is 300 g/mol. The van der Waals surface area contributed by atoms with E-state index < -0.39 is 0 Å². The van der Waals surface area contributed by atoms with Gasteiger partial charge in [-0.05, 0) is 48.7 Å². The Kier molecular flexibility index (Phi) is 4.48. The van der Waals surface area contributed by atoms with Crippen LogP contribution >= 0.6 is 15.9 Å². The van der Waals surface area contributed by atoms with E-state index in [1.807, 2.05) is 18.2 Å². The molecule has 0 heterocycles. The van der Waals surface area contributed by atoms with Crippen LogP contribution < -0.4 is 10.6 Å². The number of halogens is 1. The zero-order chi connectivity index (χ0) is 13.8. The first kappa shape index (κ1) is 13.9. The molecule has 0 aromatic heterocycles. The maximum atomic E-state index is 6.03. The first-order chi connectivity index (χ1) is 9.06. The first-order valence-electron chi connectivity index (χ1n) is 6.38. The molecule has 2 nitrogen and oxygen atoms in total. The second-order valence-electron chi connectivity index (χ2n) is 4.86. The van der Waals surface area contributed by atoms with Crippen LogP contribution in [-0.4, -0.2) is 13.6 Å². The van der Waals surface area contributed by atoms with E-state index in [2.05, 4.69) is 59.1 Å². The highest BCUT2D eigenvalue weighted by atomic mass is 79.9. The molecule has 0 atom stereocenters. The van der Waals surface area contributed by atoms with E-state index in [0.29, 0.717) is 0 Å². The van der Waals surface area contributed by atoms with Crippen LogP contribution in [-0.2, 0) is 6.42 Å². The van der Waals surface area contributed by atoms with Crippen LogP contribution in [0.3, 0.4) is 0 Å². The molecule has 0 amide bonds. The SMILES string of the molecule is Cc1ccc(N)c(N(C)CCc2cccc(Br)c2)c1. The Hall–Kier alpha value is -1.48. The molecule has 100 valence electrons. The number of nitrogens with two attached hydrogens (primary N) is 1. The Labute approximate surface area is 123 Å². The molecule has 3 heteroatoms. The number of likely N-dealkylation sites (N-methyl/N-ethyl adjacent to an activating group) is 1. The third-order valence-corrected chi connectivity index (χ3v) is 3.72. The average molecular weight is 319 g/mol. The minimum Gasteiger partial charge on any atom is -0.397 e. The van der Waals surface area contributed by atoms with Gasteiger partial charge in [-0.2, -0.15) is 0 Å². The highest BCUT2D eigenvalue weighted by molar-refractivity contribution is 9.10. The third-order valence-electron chi connectivity index (χ3n) is 3.22. The summed E-state index contributed by atoms with van der Waals surface area (Å²) in [6, 6.07) is 14.6. The molecule has 0 aliphatic carbocycles. The Balaban J connectivity index is 2.05. The van der Waals surface area contributed by atoms with E-state index in [4.69, 9.17) is 5.73 Å². The van der Waals surface area contributed by atoms with Crippen LogP contribution in [0.2, 0.25) is 0 Å². The quantitative estimate of drug-likeness (QED) is 0.863. The summed E-state index contributed by atoms with van der Waals surface area (Å²) in [7, 11) is 2.09. The molecule has 0 unspecified atom stereocenters. The lowest BCUT2D eigenvalue weighted by Gasteiger charge is -2.21. The van der Waals surface area contributed by atoms with Gasteiger partial charge >= 0.3 is 0 Å². The van der Waals surface area contributed by atoms with E-state index in [9.17, 15) is 0 Å². The highest BCUT2D eigenvalue weighted by Crippen LogP contribution is 2.23. The number of benzene rings is 2. The van der Waals surface area contributed by atoms with Gasteiger partial charge in [-0.3, -0.25) is 0 Å². The molecule has 19 heavy (non-hydrogen) atoms. The minimum absolute atomic E-state index is 0.836. The standard InChI is InChI=1S/C16H19BrN2/c1-12-6-7-15(18)16(10-12)19(2)9-8-13-4-3-5-14(17)11-13/h3-7,10-11H,8-9,18H2,1-2H3. The van der Waals surface area contributed by atoms with Gasteiger partial charge in [0.05, 0.1) is 11.4 Å². The van der Waals surface area contributed by atoms with Crippen molar-refractivity contribution in [2.75, 3.05) is 24.2 Å². The molecular formula is C16H19BrN2. The largest absolute Gasteiger partial charge is 0.397 e. The van der Waals surface area contributed by atoms with Crippen molar-refractivity contribution < 1.29 is 0 Å². The predicted molar refractivity (Wildman–Crippen MR) is 86.7 cm³/mol. The molecule has 0 aliphatic rings. The number of nitrogen functional groups attached to an aromatic ring is 1. The fourth-order valence-corrected chi connectivity index (χ4v) is 2.54. The molecule has 0 saturated carbocycles. The maximum absolute atomic E-state index is 6.03. The number of hydrogen-bond donors (Lipinski definition) is 1. The van der Waals surface area contributed by atoms with Crippen molar-refractivity contribution in [1.82, 2.24) is 0 Å². The van der Waals surface area contributed by atoms with E-state index in [0.717, 1.165) is 28.8 Å². The Morgan fingerprint density at radius 1 is 1.16 bits per heavy atom. The normalized spacial score (nSPS) is 10.5. The molecule has 0 bridgehead atoms. The van der Waals surface area contributed by atoms with Gasteiger partial charge in [0.15, 0.2) is 0 Å². The lowest BCUT2D eigenvalue weighted by atomic mass is 10.1. The second-order valence-corrected chi connectivity index (χ2v) is 5.78. The summed E-state index contributed by atoms with van der Waals surface area (Å²) < 4.78 is 1.13. The monoisotopic (exact) mass is 318 g/mol. The van der Waals surface area contributed by atoms with Crippen molar-refractivity contribution in [3.63, 3.8) is 0 Å². The summed E-state index contributed by atoms with van der Waals surface area (Å²) in [4.78, 5) is 2.21. The van der Waals surface area contributed by atoms with Crippen LogP contribution in [0.1, 0.15) is 11.1 Å². The van der Waals surface area contributed by atoms with E-state index in [-0.39, 0.29) is 0 Å². The van der Waals surface area contributed by atoms with E-state index >= 15 is 0 Å². The summed E-state index contributed by atoms with van der Waals surface area (Å²) in [6.45, 7) is 3.04. The lowest BCUT2D eigenvalue weighted by molar-refractivity contribution is 0.877. The topological polar surface area (TPSA) is 29.3 Å². The van der Waals surface area contributed by atoms with Gasteiger partial charge < -0.3 is 10.6 Å². The van der Waals surface area contributed by atoms with Crippen LogP contribution in [0.25, 0.3) is 0 Å². The summed E-state index contributed by atoms with van der Waals surface area (Å²) in [5.41, 5.74) is 10.5. The minimum atomic E-state index is 0.836. The van der Waals surface area contributed by atoms with Crippen LogP contribution in [0, 0.1) is 6.92 Å². The molecule has 2 aromatic rings. The number of anilines is 2. The maximum Gasteiger partial charge on any atom is 0.0600 e. The number of aryl methyl sites for hydroxylation is 1. The van der Waals surface area contributed by atoms with Crippen molar-refractivity contribution in [2.45, 2.75) is 13.3 Å². The summed E-state index contributed by atoms with van der Waals surface area (Å²) in [6.07, 6.45) is 1.00. The molecule has 2 N–H and O–H groups in total. The van der Waals surface area contributed by atoms with Crippen LogP contribution in [0.4, 0.5) is 11.4 Å². The molecule has 0 spiro atoms. The zero-order valence-corrected chi connectivity index (χ0v) is 12.9. The molecule has 2 rings (SSSR count). The molecule has 0 fully saturated rings. The van der Waals surface area contributed by atoms with Gasteiger partial charge in [0.25, 0.3) is 0 Å². The van der Waals surface area contributed by atoms with E-state index in [1.54, 1.807) is 0 Å². The third kappa shape index (κ3) is 3.74. The lowest BCUT2D eigenvalue weighted by Crippen LogP contribution is -2.21. The van der Waals surface area contributed by atoms with E-state index in [1.165, 1.54) is 11.1 Å². The molecule has 0 radical (unpaired) electrons. The zero-order valence-electron chi connectivity index (χ0n) is 11.4. The van der Waals surface area contributed by atoms with Gasteiger partial charge in [-0.1, -0.05) is 34.1 Å². The van der Waals surface area contributed by atoms with Gasteiger partial charge in [0, 0.05) is 18.1 Å². The smallest absolute Gasteiger partial charge is 0.0600 e. The van der Waals surface area contributed by atoms with Crippen LogP contribution in [0.5, 0.6) is 0 Å². The highest BCUT2D eigenvalue weighted by Gasteiger charge is 2.06. The molecule has 0 aliphatic heterocycles. The number of nitrogens with zero attached hydrogens (tertiary/aromatic N) is 1. The van der Waals surface area contributed by atoms with Crippen molar-refractivity contribution in [1.29, 1.82) is 0 Å². The Morgan fingerprint density at radius 2 is 1.95 bits per heavy atom. The van der Waals surface area contributed by atoms with Crippen molar-refractivity contribution in [3.8, 4) is 0 Å². The fraction of sp³-hybridized carbons (Fsp3) is 0.250. The Bertz CT molecular complexity index is 566. The predicted octanol–water partition coefficient (Wildman–Crippen LogP) is 4.02. The van der Waals surface area contributed by atoms with Gasteiger partial charge in [-0.15, -0.1) is 0 Å². The molecule has 0 saturated heterocycles. The van der Waals surface area contributed by atoms with Gasteiger partial charge in [0.2, 0.25) is 0 Å². The fourth-order valence-electron chi connectivity index (χ4n) is 2.09. The summed E-state index contributed by atoms with van der Waals surface area (Å²) >= 11 is 3.50. The number of rotatable bonds is 4. The van der Waals surface area contributed by atoms with Crippen molar-refractivity contribution in [2.24, 2.45) is 0 Å². The van der Waals surface area contributed by atoms with Gasteiger partial charge in [0.1, 0.15) is 0 Å². The summed E-state index contributed by atoms with van der Waals surface area (Å²) in [5, 5.41) is 0. The molecule has 2 aromatic carbocycles. The van der Waals surface area contributed by atoms with Crippen LogP contribution in [0.15, 0.2) is 46.9 Å². The Morgan fingerprint density at radius 3 is 2.68 bits per heavy atom. The number of hydrogen-bond acceptors (Lipinski definition) is 2. The first-order valence-corrected chi connectivity index (χ1v) is 7.17. The van der Waals surface area contributed by atoms with Crippen molar-refractivity contribution >= 4 is 27.3 Å². The second kappa shape index (κ2) is 6.11.